The summed E-state index contributed by atoms with van der Waals surface area (Å²) in [5.41, 5.74) is 0. The molecule has 0 saturated heterocycles. The first-order valence-corrected chi connectivity index (χ1v) is 4.75. The molecule has 0 heterocycles. The van der Waals surface area contributed by atoms with E-state index in [1.807, 2.05) is 6.08 Å². The van der Waals surface area contributed by atoms with Gasteiger partial charge < -0.3 is 10.1 Å². The average Bonchev–Trinajstić information content (AvgIpc) is 2.52. The lowest BCUT2D eigenvalue weighted by Crippen LogP contribution is -2.31. The molecule has 0 bridgehead atoms. The van der Waals surface area contributed by atoms with E-state index in [1.54, 1.807) is 13.0 Å². The van der Waals surface area contributed by atoms with E-state index in [1.165, 1.54) is 6.92 Å². The van der Waals surface area contributed by atoms with Crippen molar-refractivity contribution < 1.29 is 14.3 Å². The van der Waals surface area contributed by atoms with Gasteiger partial charge in [-0.2, -0.15) is 0 Å². The third kappa shape index (κ3) is 2.87. The predicted molar refractivity (Wildman–Crippen MR) is 51.5 cm³/mol. The molecule has 0 aromatic rings. The molecule has 14 heavy (non-hydrogen) atoms. The lowest BCUT2D eigenvalue weighted by Gasteiger charge is -2.11. The van der Waals surface area contributed by atoms with Crippen molar-refractivity contribution in [2.24, 2.45) is 5.92 Å². The number of nitrogens with one attached hydrogen (secondary N) is 1. The quantitative estimate of drug-likeness (QED) is 0.533. The smallest absolute Gasteiger partial charge is 0.312 e. The topological polar surface area (TPSA) is 55.4 Å². The molecule has 0 aromatic carbocycles. The van der Waals surface area contributed by atoms with E-state index in [0.29, 0.717) is 13.0 Å². The zero-order valence-corrected chi connectivity index (χ0v) is 8.45. The van der Waals surface area contributed by atoms with Crippen LogP contribution in [-0.4, -0.2) is 24.5 Å². The van der Waals surface area contributed by atoms with E-state index in [9.17, 15) is 9.59 Å². The molecule has 0 fully saturated rings. The van der Waals surface area contributed by atoms with Crippen LogP contribution in [0.1, 0.15) is 20.3 Å². The highest BCUT2D eigenvalue weighted by Crippen LogP contribution is 2.19. The second kappa shape index (κ2) is 4.79. The van der Waals surface area contributed by atoms with Crippen LogP contribution in [0.5, 0.6) is 0 Å². The fourth-order valence-electron chi connectivity index (χ4n) is 1.49. The van der Waals surface area contributed by atoms with Gasteiger partial charge >= 0.3 is 5.97 Å². The minimum absolute atomic E-state index is 0.0260. The predicted octanol–water partition coefficient (Wildman–Crippen LogP) is 0.630. The summed E-state index contributed by atoms with van der Waals surface area (Å²) in [6.07, 6.45) is 4.24. The van der Waals surface area contributed by atoms with Crippen molar-refractivity contribution in [1.82, 2.24) is 5.32 Å². The number of carbonyl (C=O) groups is 2. The number of ether oxygens (including phenoxy) is 1. The largest absolute Gasteiger partial charge is 0.466 e. The average molecular weight is 197 g/mol. The SMILES string of the molecule is CCOC(=O)[C@H]1C=C[C@@H](NC(C)=O)C1. The molecule has 1 amide bonds. The van der Waals surface area contributed by atoms with Gasteiger partial charge in [0.15, 0.2) is 0 Å². The van der Waals surface area contributed by atoms with Gasteiger partial charge in [-0.15, -0.1) is 0 Å². The van der Waals surface area contributed by atoms with Crippen LogP contribution in [0, 0.1) is 5.92 Å². The highest BCUT2D eigenvalue weighted by Gasteiger charge is 2.25. The summed E-state index contributed by atoms with van der Waals surface area (Å²) < 4.78 is 4.88. The van der Waals surface area contributed by atoms with E-state index in [-0.39, 0.29) is 23.8 Å². The van der Waals surface area contributed by atoms with Gasteiger partial charge in [-0.1, -0.05) is 12.2 Å². The van der Waals surface area contributed by atoms with E-state index in [4.69, 9.17) is 4.74 Å². The maximum atomic E-state index is 11.3. The van der Waals surface area contributed by atoms with Crippen LogP contribution < -0.4 is 5.32 Å². The van der Waals surface area contributed by atoms with Crippen LogP contribution >= 0.6 is 0 Å². The van der Waals surface area contributed by atoms with Crippen molar-refractivity contribution >= 4 is 11.9 Å². The van der Waals surface area contributed by atoms with Gasteiger partial charge in [0.1, 0.15) is 0 Å². The van der Waals surface area contributed by atoms with Gasteiger partial charge in [-0.3, -0.25) is 9.59 Å². The van der Waals surface area contributed by atoms with E-state index in [0.717, 1.165) is 0 Å². The molecule has 1 aliphatic carbocycles. The molecular formula is C10H15NO3. The molecule has 1 aliphatic rings. The third-order valence-electron chi connectivity index (χ3n) is 2.06. The Hall–Kier alpha value is -1.32. The fraction of sp³-hybridized carbons (Fsp3) is 0.600. The zero-order chi connectivity index (χ0) is 10.6. The van der Waals surface area contributed by atoms with Crippen molar-refractivity contribution in [3.63, 3.8) is 0 Å². The first-order valence-electron chi connectivity index (χ1n) is 4.75. The van der Waals surface area contributed by atoms with Crippen LogP contribution in [0.2, 0.25) is 0 Å². The van der Waals surface area contributed by atoms with Crippen LogP contribution in [0.3, 0.4) is 0 Å². The van der Waals surface area contributed by atoms with Crippen LogP contribution in [0.25, 0.3) is 0 Å². The molecule has 0 spiro atoms. The maximum Gasteiger partial charge on any atom is 0.312 e. The highest BCUT2D eigenvalue weighted by atomic mass is 16.5. The summed E-state index contributed by atoms with van der Waals surface area (Å²) in [7, 11) is 0. The molecule has 4 heteroatoms. The third-order valence-corrected chi connectivity index (χ3v) is 2.06. The first kappa shape index (κ1) is 10.8. The lowest BCUT2D eigenvalue weighted by molar-refractivity contribution is -0.146. The second-order valence-electron chi connectivity index (χ2n) is 3.29. The summed E-state index contributed by atoms with van der Waals surface area (Å²) in [5.74, 6) is -0.493. The number of hydrogen-bond acceptors (Lipinski definition) is 3. The van der Waals surface area contributed by atoms with Crippen molar-refractivity contribution in [2.45, 2.75) is 26.3 Å². The Morgan fingerprint density at radius 1 is 1.50 bits per heavy atom. The van der Waals surface area contributed by atoms with Gasteiger partial charge in [-0.05, 0) is 13.3 Å². The summed E-state index contributed by atoms with van der Waals surface area (Å²) >= 11 is 0. The van der Waals surface area contributed by atoms with Gasteiger partial charge in [0.05, 0.1) is 12.5 Å². The van der Waals surface area contributed by atoms with Gasteiger partial charge in [0.25, 0.3) is 0 Å². The maximum absolute atomic E-state index is 11.3. The van der Waals surface area contributed by atoms with E-state index in [2.05, 4.69) is 5.32 Å². The normalized spacial score (nSPS) is 24.7. The molecule has 78 valence electrons. The summed E-state index contributed by atoms with van der Waals surface area (Å²) in [5, 5.41) is 2.74. The summed E-state index contributed by atoms with van der Waals surface area (Å²) in [6.45, 7) is 3.64. The molecule has 2 atom stereocenters. The summed E-state index contributed by atoms with van der Waals surface area (Å²) in [4.78, 5) is 22.0. The Morgan fingerprint density at radius 3 is 2.79 bits per heavy atom. The molecule has 1 rings (SSSR count). The van der Waals surface area contributed by atoms with E-state index < -0.39 is 0 Å². The Labute approximate surface area is 83.3 Å². The molecule has 0 aliphatic heterocycles. The van der Waals surface area contributed by atoms with Crippen LogP contribution in [0.4, 0.5) is 0 Å². The lowest BCUT2D eigenvalue weighted by atomic mass is 10.1. The Bertz CT molecular complexity index is 260. The molecular weight excluding hydrogens is 182 g/mol. The Morgan fingerprint density at radius 2 is 2.21 bits per heavy atom. The summed E-state index contributed by atoms with van der Waals surface area (Å²) in [6, 6.07) is -0.0260. The molecule has 0 unspecified atom stereocenters. The second-order valence-corrected chi connectivity index (χ2v) is 3.29. The number of esters is 1. The molecule has 1 N–H and O–H groups in total. The zero-order valence-electron chi connectivity index (χ0n) is 8.45. The van der Waals surface area contributed by atoms with Gasteiger partial charge in [0, 0.05) is 13.0 Å². The van der Waals surface area contributed by atoms with Crippen LogP contribution in [0.15, 0.2) is 12.2 Å². The minimum Gasteiger partial charge on any atom is -0.466 e. The number of hydrogen-bond donors (Lipinski definition) is 1. The van der Waals surface area contributed by atoms with Crippen molar-refractivity contribution in [3.8, 4) is 0 Å². The molecule has 0 radical (unpaired) electrons. The molecule has 0 aromatic heterocycles. The van der Waals surface area contributed by atoms with Crippen molar-refractivity contribution in [3.05, 3.63) is 12.2 Å². The molecule has 0 saturated carbocycles. The van der Waals surface area contributed by atoms with Gasteiger partial charge in [0.2, 0.25) is 5.91 Å². The van der Waals surface area contributed by atoms with Crippen molar-refractivity contribution in [2.75, 3.05) is 6.61 Å². The first-order chi connectivity index (χ1) is 6.63. The van der Waals surface area contributed by atoms with Gasteiger partial charge in [-0.25, -0.2) is 0 Å². The number of amides is 1. The Kier molecular flexibility index (Phi) is 3.68. The standard InChI is InChI=1S/C10H15NO3/c1-3-14-10(13)8-4-5-9(6-8)11-7(2)12/h4-5,8-9H,3,6H2,1-2H3,(H,11,12)/t8-,9+/m0/s1. The highest BCUT2D eigenvalue weighted by molar-refractivity contribution is 5.76. The number of rotatable bonds is 3. The van der Waals surface area contributed by atoms with Crippen molar-refractivity contribution in [1.29, 1.82) is 0 Å². The van der Waals surface area contributed by atoms with Crippen LogP contribution in [-0.2, 0) is 14.3 Å². The monoisotopic (exact) mass is 197 g/mol. The Balaban J connectivity index is 2.38. The van der Waals surface area contributed by atoms with E-state index >= 15 is 0 Å². The molecule has 4 nitrogen and oxygen atoms in total. The fourth-order valence-corrected chi connectivity index (χ4v) is 1.49. The number of carbonyl (C=O) groups excluding carboxylic acids is 2. The minimum atomic E-state index is -0.211.